The highest BCUT2D eigenvalue weighted by molar-refractivity contribution is 5.88. The molecule has 0 fully saturated rings. The second-order valence-corrected chi connectivity index (χ2v) is 4.04. The molecule has 9 nitrogen and oxygen atoms in total. The minimum Gasteiger partial charge on any atom is -0.481 e. The summed E-state index contributed by atoms with van der Waals surface area (Å²) in [6, 6.07) is 1.54. The summed E-state index contributed by atoms with van der Waals surface area (Å²) in [4.78, 5) is 21.9. The topological polar surface area (TPSA) is 112 Å². The van der Waals surface area contributed by atoms with Crippen molar-refractivity contribution in [3.8, 4) is 11.4 Å². The molecule has 0 saturated heterocycles. The van der Waals surface area contributed by atoms with Crippen LogP contribution < -0.4 is 0 Å². The highest BCUT2D eigenvalue weighted by atomic mass is 16.5. The van der Waals surface area contributed by atoms with Crippen molar-refractivity contribution in [2.24, 2.45) is 7.05 Å². The van der Waals surface area contributed by atoms with Crippen LogP contribution in [-0.4, -0.2) is 48.9 Å². The van der Waals surface area contributed by atoms with Crippen LogP contribution >= 0.6 is 0 Å². The zero-order chi connectivity index (χ0) is 14.7. The van der Waals surface area contributed by atoms with E-state index >= 15 is 0 Å². The highest BCUT2D eigenvalue weighted by Crippen LogP contribution is 2.17. The van der Waals surface area contributed by atoms with Crippen molar-refractivity contribution in [3.63, 3.8) is 0 Å². The van der Waals surface area contributed by atoms with Crippen molar-refractivity contribution in [1.82, 2.24) is 24.8 Å². The lowest BCUT2D eigenvalue weighted by Crippen LogP contribution is -2.04. The van der Waals surface area contributed by atoms with E-state index in [2.05, 4.69) is 20.1 Å². The minimum atomic E-state index is -0.907. The number of methoxy groups -OCH3 is 1. The molecule has 0 aliphatic rings. The molecule has 0 radical (unpaired) electrons. The average Bonchev–Trinajstić information content (AvgIpc) is 3.01. The molecule has 2 aromatic rings. The number of aliphatic carboxylic acids is 1. The Bertz CT molecular complexity index is 645. The Labute approximate surface area is 113 Å². The summed E-state index contributed by atoms with van der Waals surface area (Å²) in [5.74, 6) is -1.44. The second kappa shape index (κ2) is 5.51. The molecule has 0 atom stereocenters. The summed E-state index contributed by atoms with van der Waals surface area (Å²) in [5, 5.41) is 20.4. The molecule has 0 unspecified atom stereocenters. The lowest BCUT2D eigenvalue weighted by atomic mass is 10.3. The first-order valence-corrected chi connectivity index (χ1v) is 5.76. The number of carbonyl (C=O) groups excluding carboxylic acids is 1. The number of aryl methyl sites for hydroxylation is 2. The molecule has 0 aliphatic heterocycles. The highest BCUT2D eigenvalue weighted by Gasteiger charge is 2.16. The van der Waals surface area contributed by atoms with Crippen molar-refractivity contribution in [1.29, 1.82) is 0 Å². The van der Waals surface area contributed by atoms with Gasteiger partial charge >= 0.3 is 11.9 Å². The van der Waals surface area contributed by atoms with Crippen molar-refractivity contribution in [2.75, 3.05) is 7.11 Å². The number of esters is 1. The maximum atomic E-state index is 11.4. The minimum absolute atomic E-state index is 0.0401. The van der Waals surface area contributed by atoms with Crippen molar-refractivity contribution >= 4 is 11.9 Å². The number of aromatic nitrogens is 5. The predicted molar refractivity (Wildman–Crippen MR) is 65.8 cm³/mol. The quantitative estimate of drug-likeness (QED) is 0.763. The zero-order valence-corrected chi connectivity index (χ0v) is 11.0. The van der Waals surface area contributed by atoms with E-state index in [0.717, 1.165) is 0 Å². The maximum Gasteiger partial charge on any atom is 0.358 e. The fourth-order valence-corrected chi connectivity index (χ4v) is 1.65. The third kappa shape index (κ3) is 2.82. The van der Waals surface area contributed by atoms with Gasteiger partial charge in [0.2, 0.25) is 0 Å². The molecule has 0 aromatic carbocycles. The maximum absolute atomic E-state index is 11.4. The molecule has 2 aromatic heterocycles. The van der Waals surface area contributed by atoms with Gasteiger partial charge in [0, 0.05) is 13.1 Å². The number of carboxylic acids is 1. The fraction of sp³-hybridized carbons (Fsp3) is 0.364. The Hall–Kier alpha value is -2.71. The van der Waals surface area contributed by atoms with E-state index in [1.807, 2.05) is 0 Å². The van der Waals surface area contributed by atoms with E-state index in [0.29, 0.717) is 11.4 Å². The Morgan fingerprint density at radius 1 is 1.45 bits per heavy atom. The number of rotatable bonds is 5. The number of ether oxygens (including phenoxy) is 1. The van der Waals surface area contributed by atoms with E-state index in [1.54, 1.807) is 13.2 Å². The summed E-state index contributed by atoms with van der Waals surface area (Å²) >= 11 is 0. The van der Waals surface area contributed by atoms with Gasteiger partial charge in [-0.25, -0.2) is 4.79 Å². The number of hydrogen-bond acceptors (Lipinski definition) is 6. The van der Waals surface area contributed by atoms with Gasteiger partial charge in [-0.2, -0.15) is 5.10 Å². The summed E-state index contributed by atoms with van der Waals surface area (Å²) in [7, 11) is 2.94. The first-order chi connectivity index (χ1) is 9.51. The Morgan fingerprint density at radius 3 is 2.85 bits per heavy atom. The number of carbonyl (C=O) groups is 2. The largest absolute Gasteiger partial charge is 0.481 e. The van der Waals surface area contributed by atoms with Crippen LogP contribution in [0.1, 0.15) is 16.9 Å². The summed E-state index contributed by atoms with van der Waals surface area (Å²) in [5.41, 5.74) is 1.26. The van der Waals surface area contributed by atoms with Crippen LogP contribution in [0.3, 0.4) is 0 Å². The Balaban J connectivity index is 2.21. The molecule has 2 heterocycles. The van der Waals surface area contributed by atoms with Gasteiger partial charge in [0.05, 0.1) is 32.0 Å². The van der Waals surface area contributed by atoms with Crippen LogP contribution in [0.25, 0.3) is 11.4 Å². The van der Waals surface area contributed by atoms with Gasteiger partial charge in [0.15, 0.2) is 5.69 Å². The van der Waals surface area contributed by atoms with Gasteiger partial charge in [0.25, 0.3) is 0 Å². The van der Waals surface area contributed by atoms with E-state index < -0.39 is 11.9 Å². The molecule has 106 valence electrons. The van der Waals surface area contributed by atoms with Crippen LogP contribution in [0.15, 0.2) is 12.3 Å². The molecule has 9 heteroatoms. The number of nitrogens with zero attached hydrogens (tertiary/aromatic N) is 5. The van der Waals surface area contributed by atoms with Gasteiger partial charge < -0.3 is 9.84 Å². The lowest BCUT2D eigenvalue weighted by Gasteiger charge is -1.96. The van der Waals surface area contributed by atoms with Crippen LogP contribution in [0.2, 0.25) is 0 Å². The van der Waals surface area contributed by atoms with Crippen LogP contribution in [-0.2, 0) is 23.1 Å². The lowest BCUT2D eigenvalue weighted by molar-refractivity contribution is -0.137. The number of hydrogen-bond donors (Lipinski definition) is 1. The Morgan fingerprint density at radius 2 is 2.20 bits per heavy atom. The van der Waals surface area contributed by atoms with Gasteiger partial charge in [-0.1, -0.05) is 5.21 Å². The van der Waals surface area contributed by atoms with E-state index in [1.165, 1.54) is 22.5 Å². The summed E-state index contributed by atoms with van der Waals surface area (Å²) < 4.78 is 7.50. The molecule has 0 saturated carbocycles. The molecule has 2 rings (SSSR count). The average molecular weight is 279 g/mol. The fourth-order valence-electron chi connectivity index (χ4n) is 1.65. The standard InChI is InChI=1S/C11H13N5O4/c1-15-9(5-7(13-15)11(19)20-2)8-6-16(14-12-8)4-3-10(17)18/h5-6H,3-4H2,1-2H3,(H,17,18). The van der Waals surface area contributed by atoms with Crippen LogP contribution in [0.4, 0.5) is 0 Å². The molecule has 0 aliphatic carbocycles. The monoisotopic (exact) mass is 279 g/mol. The van der Waals surface area contributed by atoms with Crippen molar-refractivity contribution in [2.45, 2.75) is 13.0 Å². The molecular weight excluding hydrogens is 266 g/mol. The third-order valence-corrected chi connectivity index (χ3v) is 2.63. The van der Waals surface area contributed by atoms with Gasteiger partial charge in [-0.3, -0.25) is 14.2 Å². The molecule has 0 spiro atoms. The predicted octanol–water partition coefficient (Wildman–Crippen LogP) is -0.0601. The van der Waals surface area contributed by atoms with Gasteiger partial charge in [0.1, 0.15) is 5.69 Å². The van der Waals surface area contributed by atoms with E-state index in [9.17, 15) is 9.59 Å². The molecule has 0 amide bonds. The van der Waals surface area contributed by atoms with Gasteiger partial charge in [-0.15, -0.1) is 5.10 Å². The molecule has 20 heavy (non-hydrogen) atoms. The van der Waals surface area contributed by atoms with Gasteiger partial charge in [-0.05, 0) is 0 Å². The third-order valence-electron chi connectivity index (χ3n) is 2.63. The normalized spacial score (nSPS) is 10.5. The Kier molecular flexibility index (Phi) is 3.78. The smallest absolute Gasteiger partial charge is 0.358 e. The second-order valence-electron chi connectivity index (χ2n) is 4.04. The zero-order valence-electron chi connectivity index (χ0n) is 11.0. The molecule has 1 N–H and O–H groups in total. The first kappa shape index (κ1) is 13.7. The van der Waals surface area contributed by atoms with Crippen molar-refractivity contribution in [3.05, 3.63) is 18.0 Å². The molecule has 0 bridgehead atoms. The SMILES string of the molecule is COC(=O)c1cc(-c2cn(CCC(=O)O)nn2)n(C)n1. The van der Waals surface area contributed by atoms with E-state index in [4.69, 9.17) is 5.11 Å². The molecular formula is C11H13N5O4. The van der Waals surface area contributed by atoms with Crippen LogP contribution in [0, 0.1) is 0 Å². The number of carboxylic acid groups (broad SMARTS) is 1. The first-order valence-electron chi connectivity index (χ1n) is 5.76. The van der Waals surface area contributed by atoms with Crippen molar-refractivity contribution < 1.29 is 19.4 Å². The van der Waals surface area contributed by atoms with E-state index in [-0.39, 0.29) is 18.7 Å². The summed E-state index contributed by atoms with van der Waals surface area (Å²) in [6.45, 7) is 0.226. The summed E-state index contributed by atoms with van der Waals surface area (Å²) in [6.07, 6.45) is 1.56. The van der Waals surface area contributed by atoms with Crippen LogP contribution in [0.5, 0.6) is 0 Å².